The van der Waals surface area contributed by atoms with E-state index in [1.807, 2.05) is 0 Å². The van der Waals surface area contributed by atoms with Gasteiger partial charge < -0.3 is 15.1 Å². The summed E-state index contributed by atoms with van der Waals surface area (Å²) in [5, 5.41) is 3.77. The fourth-order valence-corrected chi connectivity index (χ4v) is 4.68. The Morgan fingerprint density at radius 2 is 1.76 bits per heavy atom. The first-order valence-corrected chi connectivity index (χ1v) is 8.90. The third-order valence-electron chi connectivity index (χ3n) is 6.24. The van der Waals surface area contributed by atoms with Gasteiger partial charge in [-0.1, -0.05) is 20.8 Å². The summed E-state index contributed by atoms with van der Waals surface area (Å²) < 4.78 is 0. The number of hydrogen-bond acceptors (Lipinski definition) is 3. The van der Waals surface area contributed by atoms with E-state index in [4.69, 9.17) is 0 Å². The van der Waals surface area contributed by atoms with E-state index in [-0.39, 0.29) is 0 Å². The molecule has 0 amide bonds. The Kier molecular flexibility index (Phi) is 5.38. The molecule has 0 aromatic heterocycles. The zero-order valence-electron chi connectivity index (χ0n) is 15.2. The predicted octanol–water partition coefficient (Wildman–Crippen LogP) is 2.82. The van der Waals surface area contributed by atoms with E-state index in [1.165, 1.54) is 45.2 Å². The van der Waals surface area contributed by atoms with Gasteiger partial charge in [-0.25, -0.2) is 0 Å². The summed E-state index contributed by atoms with van der Waals surface area (Å²) in [6.07, 6.45) is 6.89. The van der Waals surface area contributed by atoms with Crippen LogP contribution in [0.25, 0.3) is 0 Å². The van der Waals surface area contributed by atoms with Crippen molar-refractivity contribution < 1.29 is 0 Å². The van der Waals surface area contributed by atoms with Crippen LogP contribution in [0.3, 0.4) is 0 Å². The molecule has 0 bridgehead atoms. The van der Waals surface area contributed by atoms with Crippen molar-refractivity contribution in [3.05, 3.63) is 0 Å². The molecule has 0 spiro atoms. The Morgan fingerprint density at radius 1 is 1.10 bits per heavy atom. The highest BCUT2D eigenvalue weighted by Gasteiger charge is 2.43. The van der Waals surface area contributed by atoms with Crippen molar-refractivity contribution in [1.29, 1.82) is 0 Å². The minimum Gasteiger partial charge on any atom is -0.313 e. The van der Waals surface area contributed by atoms with Gasteiger partial charge in [-0.05, 0) is 71.1 Å². The van der Waals surface area contributed by atoms with Crippen molar-refractivity contribution in [2.45, 2.75) is 64.5 Å². The topological polar surface area (TPSA) is 18.5 Å². The highest BCUT2D eigenvalue weighted by Crippen LogP contribution is 2.42. The summed E-state index contributed by atoms with van der Waals surface area (Å²) in [6.45, 7) is 10.7. The van der Waals surface area contributed by atoms with Gasteiger partial charge in [-0.15, -0.1) is 0 Å². The summed E-state index contributed by atoms with van der Waals surface area (Å²) in [5.41, 5.74) is 0.910. The maximum absolute atomic E-state index is 3.77. The third kappa shape index (κ3) is 3.62. The monoisotopic (exact) mass is 295 g/mol. The number of nitrogens with zero attached hydrogens (tertiary/aromatic N) is 2. The Bertz CT molecular complexity index is 333. The maximum atomic E-state index is 3.77. The zero-order valence-corrected chi connectivity index (χ0v) is 15.2. The first kappa shape index (κ1) is 17.2. The molecule has 3 heteroatoms. The Hall–Kier alpha value is -0.120. The van der Waals surface area contributed by atoms with E-state index in [1.54, 1.807) is 0 Å². The lowest BCUT2D eigenvalue weighted by atomic mass is 9.75. The molecule has 2 fully saturated rings. The van der Waals surface area contributed by atoms with Gasteiger partial charge in [-0.2, -0.15) is 0 Å². The Balaban J connectivity index is 1.91. The van der Waals surface area contributed by atoms with Crippen molar-refractivity contribution in [1.82, 2.24) is 15.1 Å². The normalized spacial score (nSPS) is 30.9. The first-order chi connectivity index (χ1) is 9.81. The van der Waals surface area contributed by atoms with Crippen molar-refractivity contribution in [2.24, 2.45) is 11.3 Å². The molecule has 2 aliphatic rings. The molecule has 0 aliphatic heterocycles. The Labute approximate surface area is 132 Å². The van der Waals surface area contributed by atoms with Crippen LogP contribution in [0.15, 0.2) is 0 Å². The van der Waals surface area contributed by atoms with Gasteiger partial charge in [0.2, 0.25) is 0 Å². The van der Waals surface area contributed by atoms with Crippen LogP contribution in [0.4, 0.5) is 0 Å². The molecule has 1 N–H and O–H groups in total. The molecule has 0 radical (unpaired) electrons. The fourth-order valence-electron chi connectivity index (χ4n) is 4.68. The molecule has 0 heterocycles. The van der Waals surface area contributed by atoms with Gasteiger partial charge in [0.25, 0.3) is 0 Å². The molecule has 2 atom stereocenters. The third-order valence-corrected chi connectivity index (χ3v) is 6.24. The van der Waals surface area contributed by atoms with Gasteiger partial charge in [0.05, 0.1) is 0 Å². The largest absolute Gasteiger partial charge is 0.313 e. The number of likely N-dealkylation sites (N-methyl/N-ethyl adjacent to an activating group) is 2. The number of rotatable bonds is 7. The lowest BCUT2D eigenvalue weighted by Crippen LogP contribution is -2.57. The second kappa shape index (κ2) is 6.55. The molecule has 2 rings (SSSR count). The van der Waals surface area contributed by atoms with Crippen LogP contribution in [-0.4, -0.2) is 62.2 Å². The summed E-state index contributed by atoms with van der Waals surface area (Å²) in [6, 6.07) is 0.682. The highest BCUT2D eigenvalue weighted by atomic mass is 15.2. The zero-order chi connectivity index (χ0) is 15.7. The van der Waals surface area contributed by atoms with Crippen LogP contribution in [0.5, 0.6) is 0 Å². The van der Waals surface area contributed by atoms with E-state index in [9.17, 15) is 0 Å². The van der Waals surface area contributed by atoms with Crippen LogP contribution in [-0.2, 0) is 0 Å². The number of hydrogen-bond donors (Lipinski definition) is 1. The molecule has 2 saturated carbocycles. The van der Waals surface area contributed by atoms with Gasteiger partial charge in [0, 0.05) is 24.7 Å². The van der Waals surface area contributed by atoms with Crippen LogP contribution >= 0.6 is 0 Å². The molecule has 21 heavy (non-hydrogen) atoms. The average molecular weight is 296 g/mol. The maximum Gasteiger partial charge on any atom is 0.0330 e. The second-order valence-corrected chi connectivity index (χ2v) is 8.49. The van der Waals surface area contributed by atoms with Crippen LogP contribution < -0.4 is 5.32 Å². The summed E-state index contributed by atoms with van der Waals surface area (Å²) in [4.78, 5) is 5.07. The van der Waals surface area contributed by atoms with Crippen molar-refractivity contribution in [2.75, 3.05) is 40.8 Å². The fraction of sp³-hybridized carbons (Fsp3) is 1.00. The van der Waals surface area contributed by atoms with Crippen molar-refractivity contribution in [3.8, 4) is 0 Å². The quantitative estimate of drug-likeness (QED) is 0.779. The lowest BCUT2D eigenvalue weighted by Gasteiger charge is -2.49. The van der Waals surface area contributed by atoms with E-state index >= 15 is 0 Å². The first-order valence-electron chi connectivity index (χ1n) is 8.90. The summed E-state index contributed by atoms with van der Waals surface area (Å²) >= 11 is 0. The highest BCUT2D eigenvalue weighted by molar-refractivity contribution is 5.00. The molecule has 3 nitrogen and oxygen atoms in total. The molecule has 2 aliphatic carbocycles. The molecule has 124 valence electrons. The van der Waals surface area contributed by atoms with Crippen molar-refractivity contribution >= 4 is 0 Å². The molecule has 0 aromatic carbocycles. The van der Waals surface area contributed by atoms with E-state index in [0.29, 0.717) is 17.0 Å². The molecule has 0 saturated heterocycles. The SMILES string of the molecule is CCNC1C(CN(C)CC2(N(C)C)CCC2)CCC1(C)C. The van der Waals surface area contributed by atoms with Gasteiger partial charge in [0.1, 0.15) is 0 Å². The van der Waals surface area contributed by atoms with Crippen LogP contribution in [0.2, 0.25) is 0 Å². The molecular weight excluding hydrogens is 258 g/mol. The predicted molar refractivity (Wildman–Crippen MR) is 91.7 cm³/mol. The number of nitrogens with one attached hydrogen (secondary N) is 1. The molecular formula is C18H37N3. The minimum atomic E-state index is 0.455. The second-order valence-electron chi connectivity index (χ2n) is 8.49. The van der Waals surface area contributed by atoms with Gasteiger partial charge in [0.15, 0.2) is 0 Å². The van der Waals surface area contributed by atoms with Gasteiger partial charge in [-0.3, -0.25) is 0 Å². The Morgan fingerprint density at radius 3 is 2.24 bits per heavy atom. The van der Waals surface area contributed by atoms with E-state index in [2.05, 4.69) is 57.0 Å². The van der Waals surface area contributed by atoms with Crippen molar-refractivity contribution in [3.63, 3.8) is 0 Å². The molecule has 2 unspecified atom stereocenters. The van der Waals surface area contributed by atoms with E-state index < -0.39 is 0 Å². The molecule has 0 aromatic rings. The minimum absolute atomic E-state index is 0.455. The van der Waals surface area contributed by atoms with Crippen LogP contribution in [0, 0.1) is 11.3 Å². The van der Waals surface area contributed by atoms with Crippen LogP contribution in [0.1, 0.15) is 52.9 Å². The summed E-state index contributed by atoms with van der Waals surface area (Å²) in [5.74, 6) is 0.809. The average Bonchev–Trinajstić information content (AvgIpc) is 2.61. The summed E-state index contributed by atoms with van der Waals surface area (Å²) in [7, 11) is 6.85. The van der Waals surface area contributed by atoms with Gasteiger partial charge >= 0.3 is 0 Å². The standard InChI is InChI=1S/C18H37N3/c1-7-19-16-15(9-12-17(16,2)3)13-21(6)14-18(20(4)5)10-8-11-18/h15-16,19H,7-14H2,1-6H3. The smallest absolute Gasteiger partial charge is 0.0330 e. The van der Waals surface area contributed by atoms with E-state index in [0.717, 1.165) is 12.5 Å². The lowest BCUT2D eigenvalue weighted by molar-refractivity contribution is 0.0225.